The van der Waals surface area contributed by atoms with Gasteiger partial charge >= 0.3 is 5.97 Å². The van der Waals surface area contributed by atoms with Crippen molar-refractivity contribution in [2.45, 2.75) is 19.3 Å². The van der Waals surface area contributed by atoms with E-state index in [0.29, 0.717) is 0 Å². The summed E-state index contributed by atoms with van der Waals surface area (Å²) in [6.45, 7) is 0. The maximum atomic E-state index is 13.5. The normalized spacial score (nSPS) is 10.2. The fraction of sp³-hybridized carbons (Fsp3) is 0.333. The highest BCUT2D eigenvalue weighted by atomic mass is 19.1. The van der Waals surface area contributed by atoms with E-state index in [0.717, 1.165) is 12.1 Å². The zero-order chi connectivity index (χ0) is 13.7. The lowest BCUT2D eigenvalue weighted by Gasteiger charge is -2.06. The van der Waals surface area contributed by atoms with Crippen LogP contribution in [0.15, 0.2) is 12.1 Å². The Kier molecular flexibility index (Phi) is 4.76. The Morgan fingerprint density at radius 3 is 2.44 bits per heavy atom. The molecule has 1 rings (SSSR count). The second kappa shape index (κ2) is 6.09. The smallest absolute Gasteiger partial charge is 0.303 e. The van der Waals surface area contributed by atoms with Gasteiger partial charge in [0.05, 0.1) is 12.7 Å². The first kappa shape index (κ1) is 14.1. The molecule has 98 valence electrons. The fourth-order valence-electron chi connectivity index (χ4n) is 1.43. The lowest BCUT2D eigenvalue weighted by Crippen LogP contribution is -2.05. The average Bonchev–Trinajstić information content (AvgIpc) is 2.30. The third kappa shape index (κ3) is 3.51. The number of hydrogen-bond acceptors (Lipinski definition) is 3. The maximum absolute atomic E-state index is 13.5. The van der Waals surface area contributed by atoms with Gasteiger partial charge in [0.2, 0.25) is 0 Å². The molecular formula is C12H12F2O4. The van der Waals surface area contributed by atoms with E-state index in [1.54, 1.807) is 0 Å². The van der Waals surface area contributed by atoms with Gasteiger partial charge in [-0.05, 0) is 12.5 Å². The first-order chi connectivity index (χ1) is 8.45. The molecule has 4 nitrogen and oxygen atoms in total. The molecule has 0 saturated heterocycles. The van der Waals surface area contributed by atoms with Crippen molar-refractivity contribution in [3.05, 3.63) is 29.3 Å². The van der Waals surface area contributed by atoms with Crippen molar-refractivity contribution in [2.24, 2.45) is 0 Å². The number of carboxylic acids is 1. The molecule has 0 atom stereocenters. The van der Waals surface area contributed by atoms with Crippen molar-refractivity contribution < 1.29 is 28.2 Å². The summed E-state index contributed by atoms with van der Waals surface area (Å²) in [5, 5.41) is 8.40. The highest BCUT2D eigenvalue weighted by molar-refractivity contribution is 5.96. The number of carbonyl (C=O) groups excluding carboxylic acids is 1. The Hall–Kier alpha value is -1.98. The van der Waals surface area contributed by atoms with Gasteiger partial charge in [-0.3, -0.25) is 9.59 Å². The first-order valence-corrected chi connectivity index (χ1v) is 5.23. The lowest BCUT2D eigenvalue weighted by atomic mass is 10.0. The van der Waals surface area contributed by atoms with Gasteiger partial charge in [0, 0.05) is 18.9 Å². The van der Waals surface area contributed by atoms with Crippen LogP contribution in [0.1, 0.15) is 29.6 Å². The summed E-state index contributed by atoms with van der Waals surface area (Å²) in [6, 6.07) is 1.55. The van der Waals surface area contributed by atoms with Gasteiger partial charge < -0.3 is 9.84 Å². The average molecular weight is 258 g/mol. The van der Waals surface area contributed by atoms with Crippen molar-refractivity contribution in [3.8, 4) is 5.75 Å². The summed E-state index contributed by atoms with van der Waals surface area (Å²) in [4.78, 5) is 21.8. The zero-order valence-corrected chi connectivity index (χ0v) is 9.70. The number of halogens is 2. The molecule has 0 aliphatic carbocycles. The Morgan fingerprint density at radius 2 is 1.89 bits per heavy atom. The molecule has 0 unspecified atom stereocenters. The number of benzene rings is 1. The van der Waals surface area contributed by atoms with Gasteiger partial charge in [-0.2, -0.15) is 0 Å². The van der Waals surface area contributed by atoms with E-state index in [1.165, 1.54) is 7.11 Å². The van der Waals surface area contributed by atoms with Crippen LogP contribution < -0.4 is 4.74 Å². The molecule has 18 heavy (non-hydrogen) atoms. The molecule has 0 fully saturated rings. The predicted octanol–water partition coefficient (Wildman–Crippen LogP) is 2.41. The molecule has 0 radical (unpaired) electrons. The van der Waals surface area contributed by atoms with Crippen LogP contribution in [0.2, 0.25) is 0 Å². The minimum atomic E-state index is -1.04. The number of rotatable bonds is 6. The molecule has 0 amide bonds. The van der Waals surface area contributed by atoms with Gasteiger partial charge in [0.1, 0.15) is 5.82 Å². The number of carbonyl (C=O) groups is 2. The second-order valence-electron chi connectivity index (χ2n) is 3.64. The summed E-state index contributed by atoms with van der Waals surface area (Å²) in [7, 11) is 1.19. The zero-order valence-electron chi connectivity index (χ0n) is 9.70. The topological polar surface area (TPSA) is 63.6 Å². The third-order valence-corrected chi connectivity index (χ3v) is 2.34. The molecule has 0 aromatic heterocycles. The van der Waals surface area contributed by atoms with Crippen LogP contribution in [-0.4, -0.2) is 24.0 Å². The molecule has 0 bridgehead atoms. The Morgan fingerprint density at radius 1 is 1.22 bits per heavy atom. The van der Waals surface area contributed by atoms with Crippen LogP contribution in [0.25, 0.3) is 0 Å². The summed E-state index contributed by atoms with van der Waals surface area (Å²) >= 11 is 0. The van der Waals surface area contributed by atoms with E-state index >= 15 is 0 Å². The van der Waals surface area contributed by atoms with Crippen LogP contribution in [0.5, 0.6) is 5.75 Å². The third-order valence-electron chi connectivity index (χ3n) is 2.34. The van der Waals surface area contributed by atoms with Crippen molar-refractivity contribution in [2.75, 3.05) is 7.11 Å². The Labute approximate surface area is 102 Å². The minimum absolute atomic E-state index is 0.0846. The van der Waals surface area contributed by atoms with Crippen LogP contribution in [0.4, 0.5) is 8.78 Å². The van der Waals surface area contributed by atoms with Crippen molar-refractivity contribution in [1.29, 1.82) is 0 Å². The molecular weight excluding hydrogens is 246 g/mol. The van der Waals surface area contributed by atoms with Gasteiger partial charge in [0.15, 0.2) is 17.3 Å². The molecule has 1 aromatic rings. The number of ether oxygens (including phenoxy) is 1. The van der Waals surface area contributed by atoms with E-state index < -0.39 is 29.0 Å². The number of carboxylic acid groups (broad SMARTS) is 1. The summed E-state index contributed by atoms with van der Waals surface area (Å²) in [5.74, 6) is -3.66. The SMILES string of the molecule is COc1cc(F)c(C(=O)CCCC(=O)O)cc1F. The Balaban J connectivity index is 2.80. The number of hydrogen-bond donors (Lipinski definition) is 1. The van der Waals surface area contributed by atoms with Crippen molar-refractivity contribution >= 4 is 11.8 Å². The van der Waals surface area contributed by atoms with E-state index in [9.17, 15) is 18.4 Å². The fourth-order valence-corrected chi connectivity index (χ4v) is 1.43. The van der Waals surface area contributed by atoms with E-state index in [2.05, 4.69) is 4.74 Å². The molecule has 6 heteroatoms. The van der Waals surface area contributed by atoms with Crippen molar-refractivity contribution in [3.63, 3.8) is 0 Å². The van der Waals surface area contributed by atoms with Crippen LogP contribution in [0, 0.1) is 11.6 Å². The van der Waals surface area contributed by atoms with Crippen molar-refractivity contribution in [1.82, 2.24) is 0 Å². The maximum Gasteiger partial charge on any atom is 0.303 e. The number of methoxy groups -OCH3 is 1. The lowest BCUT2D eigenvalue weighted by molar-refractivity contribution is -0.137. The first-order valence-electron chi connectivity index (χ1n) is 5.23. The summed E-state index contributed by atoms with van der Waals surface area (Å²) in [6.07, 6.45) is -0.248. The Bertz CT molecular complexity index is 471. The monoisotopic (exact) mass is 258 g/mol. The van der Waals surface area contributed by atoms with Gasteiger partial charge in [0.25, 0.3) is 0 Å². The highest BCUT2D eigenvalue weighted by Gasteiger charge is 2.16. The molecule has 1 aromatic carbocycles. The molecule has 0 aliphatic heterocycles. The van der Waals surface area contributed by atoms with Gasteiger partial charge in [-0.25, -0.2) is 8.78 Å². The number of Topliss-reactive ketones (excluding diaryl/α,β-unsaturated/α-hetero) is 1. The van der Waals surface area contributed by atoms with Gasteiger partial charge in [-0.15, -0.1) is 0 Å². The van der Waals surface area contributed by atoms with E-state index in [4.69, 9.17) is 5.11 Å². The standard InChI is InChI=1S/C12H12F2O4/c1-18-11-6-8(13)7(5-9(11)14)10(15)3-2-4-12(16)17/h5-6H,2-4H2,1H3,(H,16,17). The van der Waals surface area contributed by atoms with Crippen LogP contribution in [-0.2, 0) is 4.79 Å². The number of aliphatic carboxylic acids is 1. The number of ketones is 1. The second-order valence-corrected chi connectivity index (χ2v) is 3.64. The predicted molar refractivity (Wildman–Crippen MR) is 58.7 cm³/mol. The van der Waals surface area contributed by atoms with Crippen LogP contribution >= 0.6 is 0 Å². The molecule has 0 spiro atoms. The molecule has 0 aliphatic rings. The highest BCUT2D eigenvalue weighted by Crippen LogP contribution is 2.22. The van der Waals surface area contributed by atoms with E-state index in [-0.39, 0.29) is 25.0 Å². The largest absolute Gasteiger partial charge is 0.494 e. The quantitative estimate of drug-likeness (QED) is 0.796. The molecule has 1 N–H and O–H groups in total. The summed E-state index contributed by atoms with van der Waals surface area (Å²) < 4.78 is 31.3. The van der Waals surface area contributed by atoms with Crippen LogP contribution in [0.3, 0.4) is 0 Å². The molecule has 0 heterocycles. The minimum Gasteiger partial charge on any atom is -0.494 e. The van der Waals surface area contributed by atoms with Gasteiger partial charge in [-0.1, -0.05) is 0 Å². The summed E-state index contributed by atoms with van der Waals surface area (Å²) in [5.41, 5.74) is -0.390. The molecule has 0 saturated carbocycles. The van der Waals surface area contributed by atoms with E-state index in [1.807, 2.05) is 0 Å².